The van der Waals surface area contributed by atoms with Crippen LogP contribution in [-0.2, 0) is 0 Å². The van der Waals surface area contributed by atoms with Crippen molar-refractivity contribution in [3.8, 4) is 0 Å². The SMILES string of the molecule is CSCC1CCC1.[HH]. The van der Waals surface area contributed by atoms with Crippen LogP contribution in [0.4, 0.5) is 0 Å². The van der Waals surface area contributed by atoms with Gasteiger partial charge in [0.2, 0.25) is 0 Å². The van der Waals surface area contributed by atoms with Gasteiger partial charge in [-0.1, -0.05) is 6.42 Å². The molecule has 0 aromatic rings. The molecule has 1 saturated carbocycles. The minimum Gasteiger partial charge on any atom is -0.165 e. The van der Waals surface area contributed by atoms with Gasteiger partial charge in [0.25, 0.3) is 0 Å². The molecule has 0 nitrogen and oxygen atoms in total. The van der Waals surface area contributed by atoms with E-state index >= 15 is 0 Å². The molecule has 7 heavy (non-hydrogen) atoms. The second kappa shape index (κ2) is 2.61. The molecule has 0 spiro atoms. The van der Waals surface area contributed by atoms with Crippen LogP contribution in [0.25, 0.3) is 0 Å². The molecule has 0 bridgehead atoms. The van der Waals surface area contributed by atoms with Gasteiger partial charge in [-0.15, -0.1) is 0 Å². The average Bonchev–Trinajstić information content (AvgIpc) is 1.55. The molecule has 0 aromatic heterocycles. The van der Waals surface area contributed by atoms with Crippen molar-refractivity contribution in [2.24, 2.45) is 5.92 Å². The lowest BCUT2D eigenvalue weighted by Crippen LogP contribution is -2.12. The maximum absolute atomic E-state index is 2.19. The zero-order valence-corrected chi connectivity index (χ0v) is 5.63. The first kappa shape index (κ1) is 5.49. The number of hydrogen-bond donors (Lipinski definition) is 0. The number of thioether (sulfide) groups is 1. The standard InChI is InChI=1S/C6H12S.H2/c1-7-5-6-3-2-4-6;/h6H,2-5H2,1H3;1H. The first-order chi connectivity index (χ1) is 3.43. The zero-order chi connectivity index (χ0) is 5.11. The van der Waals surface area contributed by atoms with Crippen LogP contribution in [0.1, 0.15) is 20.7 Å². The molecular weight excluding hydrogens is 104 g/mol. The Balaban J connectivity index is 0.000000490. The number of hydrogen-bond acceptors (Lipinski definition) is 1. The van der Waals surface area contributed by atoms with E-state index in [1.807, 2.05) is 11.8 Å². The maximum atomic E-state index is 2.19. The molecule has 0 radical (unpaired) electrons. The maximum Gasteiger partial charge on any atom is 0 e. The molecule has 1 fully saturated rings. The van der Waals surface area contributed by atoms with E-state index in [-0.39, 0.29) is 1.43 Å². The van der Waals surface area contributed by atoms with Crippen LogP contribution in [0.15, 0.2) is 0 Å². The van der Waals surface area contributed by atoms with E-state index in [1.54, 1.807) is 0 Å². The topological polar surface area (TPSA) is 0 Å². The Kier molecular flexibility index (Phi) is 2.04. The molecule has 0 atom stereocenters. The predicted octanol–water partition coefficient (Wildman–Crippen LogP) is 2.40. The Bertz CT molecular complexity index is 52.5. The summed E-state index contributed by atoms with van der Waals surface area (Å²) in [5, 5.41) is 0. The Morgan fingerprint density at radius 3 is 2.57 bits per heavy atom. The third-order valence-corrected chi connectivity index (χ3v) is 2.43. The first-order valence-corrected chi connectivity index (χ1v) is 4.32. The van der Waals surface area contributed by atoms with Gasteiger partial charge in [-0.2, -0.15) is 11.8 Å². The predicted molar refractivity (Wildman–Crippen MR) is 37.8 cm³/mol. The largest absolute Gasteiger partial charge is 0.165 e. The van der Waals surface area contributed by atoms with E-state index in [2.05, 4.69) is 6.26 Å². The van der Waals surface area contributed by atoms with Crippen LogP contribution >= 0.6 is 11.8 Å². The third kappa shape index (κ3) is 1.37. The van der Waals surface area contributed by atoms with Gasteiger partial charge in [-0.05, 0) is 30.8 Å². The molecule has 0 N–H and O–H groups in total. The lowest BCUT2D eigenvalue weighted by atomic mass is 9.87. The summed E-state index contributed by atoms with van der Waals surface area (Å²) in [6.45, 7) is 0. The minimum atomic E-state index is 0. The molecule has 0 aromatic carbocycles. The van der Waals surface area contributed by atoms with E-state index < -0.39 is 0 Å². The van der Waals surface area contributed by atoms with Gasteiger partial charge in [0.05, 0.1) is 0 Å². The number of rotatable bonds is 2. The Morgan fingerprint density at radius 1 is 1.71 bits per heavy atom. The van der Waals surface area contributed by atoms with Crippen LogP contribution in [-0.4, -0.2) is 12.0 Å². The van der Waals surface area contributed by atoms with Crippen molar-refractivity contribution >= 4 is 11.8 Å². The molecule has 0 saturated heterocycles. The summed E-state index contributed by atoms with van der Waals surface area (Å²) < 4.78 is 0. The van der Waals surface area contributed by atoms with Gasteiger partial charge in [0, 0.05) is 1.43 Å². The van der Waals surface area contributed by atoms with E-state index in [1.165, 1.54) is 25.0 Å². The van der Waals surface area contributed by atoms with Crippen LogP contribution in [0.5, 0.6) is 0 Å². The van der Waals surface area contributed by atoms with Crippen LogP contribution < -0.4 is 0 Å². The summed E-state index contributed by atoms with van der Waals surface area (Å²) in [7, 11) is 0. The highest BCUT2D eigenvalue weighted by Gasteiger charge is 2.15. The molecular formula is C6H14S. The molecule has 0 unspecified atom stereocenters. The van der Waals surface area contributed by atoms with Crippen molar-refractivity contribution in [1.82, 2.24) is 0 Å². The Labute approximate surface area is 51.2 Å². The molecule has 0 aliphatic heterocycles. The third-order valence-electron chi connectivity index (χ3n) is 1.63. The summed E-state index contributed by atoms with van der Waals surface area (Å²) in [4.78, 5) is 0. The van der Waals surface area contributed by atoms with Crippen LogP contribution in [0, 0.1) is 5.92 Å². The van der Waals surface area contributed by atoms with Gasteiger partial charge >= 0.3 is 0 Å². The van der Waals surface area contributed by atoms with Crippen molar-refractivity contribution in [2.45, 2.75) is 19.3 Å². The monoisotopic (exact) mass is 118 g/mol. The van der Waals surface area contributed by atoms with Crippen molar-refractivity contribution in [3.05, 3.63) is 0 Å². The summed E-state index contributed by atoms with van der Waals surface area (Å²) >= 11 is 1.99. The second-order valence-electron chi connectivity index (χ2n) is 2.25. The highest BCUT2D eigenvalue weighted by atomic mass is 32.2. The quantitative estimate of drug-likeness (QED) is 0.536. The summed E-state index contributed by atoms with van der Waals surface area (Å²) in [5.74, 6) is 2.50. The fraction of sp³-hybridized carbons (Fsp3) is 1.00. The highest BCUT2D eigenvalue weighted by Crippen LogP contribution is 2.28. The lowest BCUT2D eigenvalue weighted by molar-refractivity contribution is 0.353. The Hall–Kier alpha value is 0.350. The molecule has 1 aliphatic rings. The summed E-state index contributed by atoms with van der Waals surface area (Å²) in [5.41, 5.74) is 0. The van der Waals surface area contributed by atoms with Crippen LogP contribution in [0.3, 0.4) is 0 Å². The zero-order valence-electron chi connectivity index (χ0n) is 4.81. The fourth-order valence-corrected chi connectivity index (χ4v) is 1.70. The van der Waals surface area contributed by atoms with E-state index in [0.717, 1.165) is 5.92 Å². The van der Waals surface area contributed by atoms with E-state index in [0.29, 0.717) is 0 Å². The van der Waals surface area contributed by atoms with Crippen LogP contribution in [0.2, 0.25) is 0 Å². The van der Waals surface area contributed by atoms with Gasteiger partial charge in [0.1, 0.15) is 0 Å². The fourth-order valence-electron chi connectivity index (χ4n) is 0.895. The highest BCUT2D eigenvalue weighted by molar-refractivity contribution is 7.98. The smallest absolute Gasteiger partial charge is 0 e. The van der Waals surface area contributed by atoms with E-state index in [9.17, 15) is 0 Å². The van der Waals surface area contributed by atoms with Crippen molar-refractivity contribution < 1.29 is 1.43 Å². The van der Waals surface area contributed by atoms with Gasteiger partial charge < -0.3 is 0 Å². The summed E-state index contributed by atoms with van der Waals surface area (Å²) in [6, 6.07) is 0. The molecule has 1 heteroatoms. The summed E-state index contributed by atoms with van der Waals surface area (Å²) in [6.07, 6.45) is 6.69. The normalized spacial score (nSPS) is 21.9. The molecule has 0 amide bonds. The minimum absolute atomic E-state index is 0. The molecule has 1 rings (SSSR count). The first-order valence-electron chi connectivity index (χ1n) is 2.92. The molecule has 0 heterocycles. The van der Waals surface area contributed by atoms with Gasteiger partial charge in [-0.25, -0.2) is 0 Å². The second-order valence-corrected chi connectivity index (χ2v) is 3.16. The van der Waals surface area contributed by atoms with Crippen molar-refractivity contribution in [2.75, 3.05) is 12.0 Å². The van der Waals surface area contributed by atoms with E-state index in [4.69, 9.17) is 0 Å². The van der Waals surface area contributed by atoms with Crippen molar-refractivity contribution in [3.63, 3.8) is 0 Å². The average molecular weight is 118 g/mol. The molecule has 1 aliphatic carbocycles. The van der Waals surface area contributed by atoms with Crippen molar-refractivity contribution in [1.29, 1.82) is 0 Å². The Morgan fingerprint density at radius 2 is 2.43 bits per heavy atom. The van der Waals surface area contributed by atoms with Gasteiger partial charge in [-0.3, -0.25) is 0 Å². The van der Waals surface area contributed by atoms with Gasteiger partial charge in [0.15, 0.2) is 0 Å². The lowest BCUT2D eigenvalue weighted by Gasteiger charge is -2.23. The molecule has 44 valence electrons.